The van der Waals surface area contributed by atoms with Gasteiger partial charge in [-0.05, 0) is 52.9 Å². The number of hydrogen-bond donors (Lipinski definition) is 1. The third-order valence-corrected chi connectivity index (χ3v) is 3.37. The van der Waals surface area contributed by atoms with Gasteiger partial charge in [0.1, 0.15) is 0 Å². The van der Waals surface area contributed by atoms with Crippen LogP contribution in [0.5, 0.6) is 0 Å². The first-order chi connectivity index (χ1) is 8.06. The molecule has 0 aliphatic rings. The molecule has 1 aromatic rings. The van der Waals surface area contributed by atoms with Gasteiger partial charge in [0.2, 0.25) is 0 Å². The van der Waals surface area contributed by atoms with Crippen LogP contribution in [0.3, 0.4) is 0 Å². The maximum absolute atomic E-state index is 4.45. The van der Waals surface area contributed by atoms with Crippen LogP contribution in [-0.4, -0.2) is 48.4 Å². The van der Waals surface area contributed by atoms with Crippen molar-refractivity contribution >= 4 is 0 Å². The first-order valence-corrected chi connectivity index (χ1v) is 6.38. The molecule has 0 radical (unpaired) electrons. The quantitative estimate of drug-likeness (QED) is 0.773. The lowest BCUT2D eigenvalue weighted by molar-refractivity contribution is 0.330. The van der Waals surface area contributed by atoms with Gasteiger partial charge in [0, 0.05) is 25.8 Å². The SMILES string of the molecule is CNCCN(C)CCCc1c(C)nn(C)c1C. The lowest BCUT2D eigenvalue weighted by Gasteiger charge is -2.16. The second-order valence-corrected chi connectivity index (χ2v) is 4.78. The molecular weight excluding hydrogens is 212 g/mol. The molecule has 17 heavy (non-hydrogen) atoms. The maximum atomic E-state index is 4.45. The summed E-state index contributed by atoms with van der Waals surface area (Å²) in [6.45, 7) is 7.57. The molecule has 1 N–H and O–H groups in total. The van der Waals surface area contributed by atoms with Crippen LogP contribution in [0.1, 0.15) is 23.4 Å². The minimum absolute atomic E-state index is 1.06. The van der Waals surface area contributed by atoms with Gasteiger partial charge in [0.15, 0.2) is 0 Å². The standard InChI is InChI=1S/C13H26N4/c1-11-13(12(2)17(5)15-11)7-6-9-16(4)10-8-14-3/h14H,6-10H2,1-5H3. The zero-order chi connectivity index (χ0) is 12.8. The Morgan fingerprint density at radius 1 is 1.29 bits per heavy atom. The second-order valence-electron chi connectivity index (χ2n) is 4.78. The number of rotatable bonds is 7. The van der Waals surface area contributed by atoms with Gasteiger partial charge in [-0.1, -0.05) is 0 Å². The van der Waals surface area contributed by atoms with Gasteiger partial charge in [-0.3, -0.25) is 4.68 Å². The summed E-state index contributed by atoms with van der Waals surface area (Å²) in [5.41, 5.74) is 3.91. The Labute approximate surface area is 105 Å². The van der Waals surface area contributed by atoms with E-state index in [4.69, 9.17) is 0 Å². The van der Waals surface area contributed by atoms with Gasteiger partial charge in [-0.15, -0.1) is 0 Å². The van der Waals surface area contributed by atoms with E-state index in [0.717, 1.165) is 26.1 Å². The molecule has 0 aliphatic carbocycles. The first-order valence-electron chi connectivity index (χ1n) is 6.38. The van der Waals surface area contributed by atoms with E-state index in [9.17, 15) is 0 Å². The first kappa shape index (κ1) is 14.2. The number of hydrogen-bond acceptors (Lipinski definition) is 3. The molecule has 0 unspecified atom stereocenters. The van der Waals surface area contributed by atoms with Crippen molar-refractivity contribution in [1.29, 1.82) is 0 Å². The van der Waals surface area contributed by atoms with Crippen molar-refractivity contribution in [2.24, 2.45) is 7.05 Å². The summed E-state index contributed by atoms with van der Waals surface area (Å²) in [6.07, 6.45) is 2.34. The number of likely N-dealkylation sites (N-methyl/N-ethyl adjacent to an activating group) is 2. The van der Waals surface area contributed by atoms with E-state index in [1.165, 1.54) is 23.4 Å². The molecule has 0 aromatic carbocycles. The molecule has 1 rings (SSSR count). The van der Waals surface area contributed by atoms with E-state index in [2.05, 4.69) is 36.2 Å². The predicted molar refractivity (Wildman–Crippen MR) is 72.4 cm³/mol. The van der Waals surface area contributed by atoms with E-state index in [-0.39, 0.29) is 0 Å². The Bertz CT molecular complexity index is 343. The highest BCUT2D eigenvalue weighted by Crippen LogP contribution is 2.13. The molecule has 0 atom stereocenters. The van der Waals surface area contributed by atoms with Crippen LogP contribution >= 0.6 is 0 Å². The summed E-state index contributed by atoms with van der Waals surface area (Å²) < 4.78 is 1.98. The molecule has 1 aromatic heterocycles. The average Bonchev–Trinajstić information content (AvgIpc) is 2.53. The van der Waals surface area contributed by atoms with Crippen molar-refractivity contribution in [3.05, 3.63) is 17.0 Å². The van der Waals surface area contributed by atoms with E-state index >= 15 is 0 Å². The van der Waals surface area contributed by atoms with E-state index in [1.807, 2.05) is 18.8 Å². The lowest BCUT2D eigenvalue weighted by Crippen LogP contribution is -2.28. The Kier molecular flexibility index (Phi) is 5.65. The number of aryl methyl sites for hydroxylation is 2. The molecule has 98 valence electrons. The van der Waals surface area contributed by atoms with Gasteiger partial charge in [-0.25, -0.2) is 0 Å². The Morgan fingerprint density at radius 2 is 2.00 bits per heavy atom. The minimum atomic E-state index is 1.06. The summed E-state index contributed by atoms with van der Waals surface area (Å²) >= 11 is 0. The number of nitrogens with one attached hydrogen (secondary N) is 1. The van der Waals surface area contributed by atoms with Gasteiger partial charge in [-0.2, -0.15) is 5.10 Å². The summed E-state index contributed by atoms with van der Waals surface area (Å²) in [6, 6.07) is 0. The molecule has 4 nitrogen and oxygen atoms in total. The summed E-state index contributed by atoms with van der Waals surface area (Å²) in [7, 11) is 6.20. The third kappa shape index (κ3) is 4.13. The van der Waals surface area contributed by atoms with Crippen LogP contribution < -0.4 is 5.32 Å². The van der Waals surface area contributed by atoms with Crippen molar-refractivity contribution in [3.8, 4) is 0 Å². The van der Waals surface area contributed by atoms with Crippen molar-refractivity contribution in [2.45, 2.75) is 26.7 Å². The number of aromatic nitrogens is 2. The van der Waals surface area contributed by atoms with Crippen LogP contribution in [-0.2, 0) is 13.5 Å². The Balaban J connectivity index is 2.35. The highest BCUT2D eigenvalue weighted by molar-refractivity contribution is 5.24. The van der Waals surface area contributed by atoms with Crippen LogP contribution in [0.2, 0.25) is 0 Å². The fourth-order valence-electron chi connectivity index (χ4n) is 2.12. The maximum Gasteiger partial charge on any atom is 0.0628 e. The van der Waals surface area contributed by atoms with Gasteiger partial charge < -0.3 is 10.2 Å². The molecule has 0 saturated carbocycles. The smallest absolute Gasteiger partial charge is 0.0628 e. The average molecular weight is 238 g/mol. The molecule has 0 saturated heterocycles. The topological polar surface area (TPSA) is 33.1 Å². The summed E-state index contributed by atoms with van der Waals surface area (Å²) in [5, 5.41) is 7.62. The van der Waals surface area contributed by atoms with Crippen LogP contribution in [0, 0.1) is 13.8 Å². The molecule has 0 spiro atoms. The predicted octanol–water partition coefficient (Wildman–Crippen LogP) is 1.12. The zero-order valence-electron chi connectivity index (χ0n) is 11.9. The molecule has 0 aliphatic heterocycles. The highest BCUT2D eigenvalue weighted by atomic mass is 15.3. The molecule has 0 amide bonds. The minimum Gasteiger partial charge on any atom is -0.318 e. The third-order valence-electron chi connectivity index (χ3n) is 3.37. The Morgan fingerprint density at radius 3 is 2.53 bits per heavy atom. The van der Waals surface area contributed by atoms with Crippen molar-refractivity contribution < 1.29 is 0 Å². The molecule has 4 heteroatoms. The van der Waals surface area contributed by atoms with Crippen LogP contribution in [0.4, 0.5) is 0 Å². The molecule has 0 bridgehead atoms. The van der Waals surface area contributed by atoms with Crippen molar-refractivity contribution in [1.82, 2.24) is 20.0 Å². The zero-order valence-corrected chi connectivity index (χ0v) is 11.9. The normalized spacial score (nSPS) is 11.4. The van der Waals surface area contributed by atoms with Crippen LogP contribution in [0.25, 0.3) is 0 Å². The van der Waals surface area contributed by atoms with Gasteiger partial charge in [0.25, 0.3) is 0 Å². The van der Waals surface area contributed by atoms with E-state index in [1.54, 1.807) is 0 Å². The van der Waals surface area contributed by atoms with E-state index in [0.29, 0.717) is 0 Å². The van der Waals surface area contributed by atoms with E-state index < -0.39 is 0 Å². The fraction of sp³-hybridized carbons (Fsp3) is 0.769. The highest BCUT2D eigenvalue weighted by Gasteiger charge is 2.08. The van der Waals surface area contributed by atoms with Crippen LogP contribution in [0.15, 0.2) is 0 Å². The van der Waals surface area contributed by atoms with Gasteiger partial charge >= 0.3 is 0 Å². The lowest BCUT2D eigenvalue weighted by atomic mass is 10.1. The van der Waals surface area contributed by atoms with Crippen molar-refractivity contribution in [3.63, 3.8) is 0 Å². The van der Waals surface area contributed by atoms with Crippen molar-refractivity contribution in [2.75, 3.05) is 33.7 Å². The fourth-order valence-corrected chi connectivity index (χ4v) is 2.12. The summed E-state index contributed by atoms with van der Waals surface area (Å²) in [4.78, 5) is 2.37. The Hall–Kier alpha value is -0.870. The molecule has 0 fully saturated rings. The largest absolute Gasteiger partial charge is 0.318 e. The number of nitrogens with zero attached hydrogens (tertiary/aromatic N) is 3. The van der Waals surface area contributed by atoms with Gasteiger partial charge in [0.05, 0.1) is 5.69 Å². The second kappa shape index (κ2) is 6.77. The molecular formula is C13H26N4. The summed E-state index contributed by atoms with van der Waals surface area (Å²) in [5.74, 6) is 0. The monoisotopic (exact) mass is 238 g/mol. The molecule has 1 heterocycles.